The Hall–Kier alpha value is -7.16. The molecule has 0 radical (unpaired) electrons. The first kappa shape index (κ1) is 31.6. The average Bonchev–Trinajstić information content (AvgIpc) is 3.63. The van der Waals surface area contributed by atoms with Gasteiger partial charge in [0.1, 0.15) is 11.2 Å². The summed E-state index contributed by atoms with van der Waals surface area (Å²) in [6.45, 7) is 0. The van der Waals surface area contributed by atoms with Crippen molar-refractivity contribution in [3.8, 4) is 44.5 Å². The van der Waals surface area contributed by atoms with Crippen LogP contribution in [-0.2, 0) is 0 Å². The van der Waals surface area contributed by atoms with Gasteiger partial charge in [0, 0.05) is 27.7 Å². The molecule has 0 saturated heterocycles. The van der Waals surface area contributed by atoms with Gasteiger partial charge in [-0.2, -0.15) is 0 Å². The molecule has 0 atom stereocenters. The van der Waals surface area contributed by atoms with Crippen LogP contribution in [0.1, 0.15) is 0 Å². The quantitative estimate of drug-likeness (QED) is 0.166. The second-order valence-electron chi connectivity index (χ2n) is 13.7. The van der Waals surface area contributed by atoms with Crippen molar-refractivity contribution in [1.29, 1.82) is 0 Å². The van der Waals surface area contributed by atoms with E-state index in [9.17, 15) is 0 Å². The van der Waals surface area contributed by atoms with Crippen LogP contribution in [0.15, 0.2) is 217 Å². The molecule has 0 saturated carbocycles. The van der Waals surface area contributed by atoms with E-state index in [1.165, 1.54) is 44.2 Å². The van der Waals surface area contributed by atoms with Crippen LogP contribution in [-0.4, -0.2) is 0 Å². The third-order valence-corrected chi connectivity index (χ3v) is 10.5. The van der Waals surface area contributed by atoms with E-state index in [4.69, 9.17) is 4.42 Å². The first-order valence-electron chi connectivity index (χ1n) is 18.4. The summed E-state index contributed by atoms with van der Waals surface area (Å²) >= 11 is 0. The minimum Gasteiger partial charge on any atom is -0.456 e. The molecule has 0 aliphatic rings. The van der Waals surface area contributed by atoms with Crippen molar-refractivity contribution in [3.63, 3.8) is 0 Å². The molecule has 1 heterocycles. The van der Waals surface area contributed by atoms with E-state index < -0.39 is 0 Å². The number of rotatable bonds is 7. The summed E-state index contributed by atoms with van der Waals surface area (Å²) in [5, 5.41) is 4.76. The van der Waals surface area contributed by atoms with Gasteiger partial charge in [-0.1, -0.05) is 158 Å². The Bertz CT molecular complexity index is 2920. The topological polar surface area (TPSA) is 16.4 Å². The molecule has 10 aromatic rings. The van der Waals surface area contributed by atoms with E-state index in [1.54, 1.807) is 0 Å². The molecular weight excluding hydrogens is 655 g/mol. The minimum atomic E-state index is 0.894. The maximum atomic E-state index is 6.20. The van der Waals surface area contributed by atoms with Gasteiger partial charge in [0.05, 0.1) is 5.69 Å². The zero-order valence-corrected chi connectivity index (χ0v) is 29.6. The molecular formula is C52H35NO. The first-order chi connectivity index (χ1) is 26.8. The fourth-order valence-corrected chi connectivity index (χ4v) is 7.81. The Morgan fingerprint density at radius 1 is 0.296 bits per heavy atom. The molecule has 2 nitrogen and oxygen atoms in total. The number of anilines is 3. The maximum Gasteiger partial charge on any atom is 0.135 e. The van der Waals surface area contributed by atoms with Gasteiger partial charge < -0.3 is 9.32 Å². The molecule has 0 fully saturated rings. The highest BCUT2D eigenvalue weighted by molar-refractivity contribution is 6.07. The van der Waals surface area contributed by atoms with Gasteiger partial charge in [0.2, 0.25) is 0 Å². The largest absolute Gasteiger partial charge is 0.456 e. The van der Waals surface area contributed by atoms with Gasteiger partial charge in [0.25, 0.3) is 0 Å². The number of hydrogen-bond donors (Lipinski definition) is 0. The fraction of sp³-hybridized carbons (Fsp3) is 0. The zero-order valence-electron chi connectivity index (χ0n) is 29.6. The molecule has 1 aromatic heterocycles. The number of para-hydroxylation sites is 2. The molecule has 0 unspecified atom stereocenters. The lowest BCUT2D eigenvalue weighted by atomic mass is 9.95. The van der Waals surface area contributed by atoms with Gasteiger partial charge in [-0.25, -0.2) is 0 Å². The number of benzene rings is 9. The lowest BCUT2D eigenvalue weighted by Gasteiger charge is -2.28. The van der Waals surface area contributed by atoms with Crippen LogP contribution in [0.4, 0.5) is 17.1 Å². The molecule has 0 amide bonds. The molecule has 9 aromatic carbocycles. The second-order valence-corrected chi connectivity index (χ2v) is 13.7. The van der Waals surface area contributed by atoms with E-state index in [-0.39, 0.29) is 0 Å². The van der Waals surface area contributed by atoms with Crippen LogP contribution in [0.5, 0.6) is 0 Å². The number of hydrogen-bond acceptors (Lipinski definition) is 2. The molecule has 0 aliphatic carbocycles. The predicted octanol–water partition coefficient (Wildman–Crippen LogP) is 14.9. The summed E-state index contributed by atoms with van der Waals surface area (Å²) in [5.74, 6) is 0. The Morgan fingerprint density at radius 3 is 1.63 bits per heavy atom. The van der Waals surface area contributed by atoms with Gasteiger partial charge in [0.15, 0.2) is 0 Å². The zero-order chi connectivity index (χ0) is 35.8. The van der Waals surface area contributed by atoms with E-state index in [2.05, 4.69) is 205 Å². The Balaban J connectivity index is 1.08. The number of fused-ring (bicyclic) bond motifs is 4. The van der Waals surface area contributed by atoms with Crippen molar-refractivity contribution >= 4 is 49.8 Å². The van der Waals surface area contributed by atoms with E-state index in [0.717, 1.165) is 50.1 Å². The lowest BCUT2D eigenvalue weighted by molar-refractivity contribution is 0.669. The molecule has 54 heavy (non-hydrogen) atoms. The smallest absolute Gasteiger partial charge is 0.135 e. The van der Waals surface area contributed by atoms with Crippen LogP contribution in [0, 0.1) is 0 Å². The second kappa shape index (κ2) is 13.4. The summed E-state index contributed by atoms with van der Waals surface area (Å²) in [4.78, 5) is 2.37. The standard InChI is InChI=1S/C52H35NO/c1-2-12-36(13-3-1)37-24-29-43(30-25-37)53(50-22-8-6-19-47(50)42-28-33-52-49(35-42)48-20-7-9-23-51(48)54-52)44-31-26-38(27-32-44)40-16-10-17-41(34-40)46-21-11-15-39-14-4-5-18-45(39)46/h1-35H. The summed E-state index contributed by atoms with van der Waals surface area (Å²) in [7, 11) is 0. The Morgan fingerprint density at radius 2 is 0.815 bits per heavy atom. The van der Waals surface area contributed by atoms with Crippen LogP contribution in [0.25, 0.3) is 77.2 Å². The van der Waals surface area contributed by atoms with Gasteiger partial charge in [-0.3, -0.25) is 0 Å². The SMILES string of the molecule is c1ccc(-c2ccc(N(c3ccc(-c4cccc(-c5cccc6ccccc56)c4)cc3)c3ccccc3-c3ccc4oc5ccccc5c4c3)cc2)cc1. The number of nitrogens with zero attached hydrogens (tertiary/aromatic N) is 1. The lowest BCUT2D eigenvalue weighted by Crippen LogP contribution is -2.11. The van der Waals surface area contributed by atoms with Gasteiger partial charge in [-0.05, 0) is 104 Å². The molecule has 10 rings (SSSR count). The summed E-state index contributed by atoms with van der Waals surface area (Å²) in [6.07, 6.45) is 0. The van der Waals surface area contributed by atoms with Crippen molar-refractivity contribution < 1.29 is 4.42 Å². The third-order valence-electron chi connectivity index (χ3n) is 10.5. The summed E-state index contributed by atoms with van der Waals surface area (Å²) < 4.78 is 6.20. The van der Waals surface area contributed by atoms with Gasteiger partial charge in [-0.15, -0.1) is 0 Å². The normalized spacial score (nSPS) is 11.3. The monoisotopic (exact) mass is 689 g/mol. The highest BCUT2D eigenvalue weighted by Gasteiger charge is 2.19. The molecule has 254 valence electrons. The van der Waals surface area contributed by atoms with Crippen molar-refractivity contribution in [2.24, 2.45) is 0 Å². The van der Waals surface area contributed by atoms with Crippen molar-refractivity contribution in [3.05, 3.63) is 212 Å². The molecule has 0 N–H and O–H groups in total. The van der Waals surface area contributed by atoms with Crippen LogP contribution >= 0.6 is 0 Å². The Labute approximate surface area is 314 Å². The van der Waals surface area contributed by atoms with E-state index in [0.29, 0.717) is 0 Å². The Kier molecular flexibility index (Phi) is 7.85. The fourth-order valence-electron chi connectivity index (χ4n) is 7.81. The third kappa shape index (κ3) is 5.71. The first-order valence-corrected chi connectivity index (χ1v) is 18.4. The molecule has 0 bridgehead atoms. The van der Waals surface area contributed by atoms with Crippen LogP contribution in [0.3, 0.4) is 0 Å². The average molecular weight is 690 g/mol. The van der Waals surface area contributed by atoms with Crippen molar-refractivity contribution in [2.45, 2.75) is 0 Å². The van der Waals surface area contributed by atoms with E-state index in [1.807, 2.05) is 12.1 Å². The van der Waals surface area contributed by atoms with E-state index >= 15 is 0 Å². The van der Waals surface area contributed by atoms with Crippen molar-refractivity contribution in [1.82, 2.24) is 0 Å². The highest BCUT2D eigenvalue weighted by atomic mass is 16.3. The van der Waals surface area contributed by atoms with Crippen molar-refractivity contribution in [2.75, 3.05) is 4.90 Å². The molecule has 2 heteroatoms. The maximum absolute atomic E-state index is 6.20. The predicted molar refractivity (Wildman–Crippen MR) is 228 cm³/mol. The number of furan rings is 1. The van der Waals surface area contributed by atoms with Crippen LogP contribution < -0.4 is 4.90 Å². The molecule has 0 aliphatic heterocycles. The summed E-state index contributed by atoms with van der Waals surface area (Å²) in [6, 6.07) is 76.0. The van der Waals surface area contributed by atoms with Crippen LogP contribution in [0.2, 0.25) is 0 Å². The minimum absolute atomic E-state index is 0.894. The summed E-state index contributed by atoms with van der Waals surface area (Å²) in [5.41, 5.74) is 14.5. The van der Waals surface area contributed by atoms with Gasteiger partial charge >= 0.3 is 0 Å². The molecule has 0 spiro atoms. The highest BCUT2D eigenvalue weighted by Crippen LogP contribution is 2.43.